The van der Waals surface area contributed by atoms with Crippen LogP contribution in [0.3, 0.4) is 0 Å². The first-order valence-electron chi connectivity index (χ1n) is 9.59. The number of amidine groups is 1. The first-order chi connectivity index (χ1) is 13.8. The van der Waals surface area contributed by atoms with Crippen molar-refractivity contribution in [1.29, 1.82) is 0 Å². The van der Waals surface area contributed by atoms with Crippen molar-refractivity contribution >= 4 is 21.8 Å². The molecule has 2 aliphatic rings. The van der Waals surface area contributed by atoms with Gasteiger partial charge in [-0.1, -0.05) is 37.1 Å². The van der Waals surface area contributed by atoms with Crippen LogP contribution in [-0.2, 0) is 20.4 Å². The fourth-order valence-corrected chi connectivity index (χ4v) is 5.29. The molecule has 0 unspecified atom stereocenters. The minimum Gasteiger partial charge on any atom is -0.345 e. The van der Waals surface area contributed by atoms with E-state index >= 15 is 0 Å². The maximum atomic E-state index is 13.3. The van der Waals surface area contributed by atoms with Crippen LogP contribution in [0.1, 0.15) is 43.7 Å². The molecule has 0 spiro atoms. The van der Waals surface area contributed by atoms with E-state index in [1.54, 1.807) is 37.3 Å². The lowest BCUT2D eigenvalue weighted by Crippen LogP contribution is -2.47. The molecule has 1 fully saturated rings. The molecule has 0 aromatic heterocycles. The average Bonchev–Trinajstić information content (AvgIpc) is 3.26. The Morgan fingerprint density at radius 1 is 1.14 bits per heavy atom. The van der Waals surface area contributed by atoms with Gasteiger partial charge in [-0.15, -0.1) is 0 Å². The summed E-state index contributed by atoms with van der Waals surface area (Å²) in [5.74, 6) is -0.446. The van der Waals surface area contributed by atoms with Crippen LogP contribution in [0.25, 0.3) is 0 Å². The second-order valence-electron chi connectivity index (χ2n) is 7.54. The molecule has 0 bridgehead atoms. The van der Waals surface area contributed by atoms with Gasteiger partial charge < -0.3 is 5.32 Å². The normalized spacial score (nSPS) is 21.4. The van der Waals surface area contributed by atoms with Crippen molar-refractivity contribution in [3.05, 3.63) is 65.5 Å². The molecule has 152 valence electrons. The zero-order valence-electron chi connectivity index (χ0n) is 16.0. The van der Waals surface area contributed by atoms with E-state index in [4.69, 9.17) is 0 Å². The van der Waals surface area contributed by atoms with Gasteiger partial charge in [0, 0.05) is 5.56 Å². The molecule has 6 nitrogen and oxygen atoms in total. The van der Waals surface area contributed by atoms with Gasteiger partial charge in [0.15, 0.2) is 0 Å². The van der Waals surface area contributed by atoms with Crippen LogP contribution in [0.2, 0.25) is 0 Å². The van der Waals surface area contributed by atoms with Crippen molar-refractivity contribution in [3.8, 4) is 0 Å². The highest BCUT2D eigenvalue weighted by Gasteiger charge is 2.38. The molecular weight excluding hydrogens is 393 g/mol. The lowest BCUT2D eigenvalue weighted by molar-refractivity contribution is -0.124. The topological polar surface area (TPSA) is 87.6 Å². The Bertz CT molecular complexity index is 1070. The van der Waals surface area contributed by atoms with Crippen LogP contribution < -0.4 is 10.0 Å². The number of sulfonamides is 1. The fourth-order valence-electron chi connectivity index (χ4n) is 4.06. The number of nitrogens with zero attached hydrogens (tertiary/aromatic N) is 1. The van der Waals surface area contributed by atoms with Gasteiger partial charge in [0.25, 0.3) is 10.0 Å². The number of amides is 1. The summed E-state index contributed by atoms with van der Waals surface area (Å²) in [6, 6.07) is 12.0. The molecule has 1 saturated carbocycles. The zero-order chi connectivity index (χ0) is 20.6. The third-order valence-electron chi connectivity index (χ3n) is 5.58. The second kappa shape index (κ2) is 7.26. The summed E-state index contributed by atoms with van der Waals surface area (Å²) in [4.78, 5) is 17.4. The Morgan fingerprint density at radius 2 is 1.79 bits per heavy atom. The Balaban J connectivity index is 1.58. The molecule has 2 aromatic carbocycles. The number of aliphatic imine (C=N–C) groups is 1. The molecule has 1 atom stereocenters. The van der Waals surface area contributed by atoms with Crippen molar-refractivity contribution in [2.24, 2.45) is 4.99 Å². The van der Waals surface area contributed by atoms with Crippen molar-refractivity contribution in [2.75, 3.05) is 0 Å². The summed E-state index contributed by atoms with van der Waals surface area (Å²) in [7, 11) is -3.66. The molecule has 4 rings (SSSR count). The van der Waals surface area contributed by atoms with Gasteiger partial charge in [-0.3, -0.25) is 14.5 Å². The predicted molar refractivity (Wildman–Crippen MR) is 107 cm³/mol. The Morgan fingerprint density at radius 3 is 2.48 bits per heavy atom. The molecule has 2 aromatic rings. The quantitative estimate of drug-likeness (QED) is 0.805. The van der Waals surface area contributed by atoms with Gasteiger partial charge in [0.1, 0.15) is 17.7 Å². The van der Waals surface area contributed by atoms with Crippen molar-refractivity contribution in [1.82, 2.24) is 10.0 Å². The minimum absolute atomic E-state index is 0.157. The van der Waals surface area contributed by atoms with Crippen LogP contribution in [0.15, 0.2) is 58.4 Å². The van der Waals surface area contributed by atoms with Crippen molar-refractivity contribution in [3.63, 3.8) is 0 Å². The smallest absolute Gasteiger partial charge is 0.263 e. The highest BCUT2D eigenvalue weighted by Crippen LogP contribution is 2.39. The number of nitrogens with one attached hydrogen (secondary N) is 2. The van der Waals surface area contributed by atoms with Gasteiger partial charge in [0.2, 0.25) is 5.91 Å². The number of benzene rings is 2. The molecule has 8 heteroatoms. The standard InChI is InChI=1S/C21H22FN3O3S/c1-14(23-19-17-6-2-3-7-18(17)29(27,28)25-19)20(26)24-21(12-4-5-13-21)15-8-10-16(22)11-9-15/h2-3,6-11,14H,4-5,12-13H2,1H3,(H,23,25)(H,24,26)/t14-/m0/s1. The molecular formula is C21H22FN3O3S. The number of carbonyl (C=O) groups is 1. The van der Waals surface area contributed by atoms with E-state index in [-0.39, 0.29) is 22.5 Å². The van der Waals surface area contributed by atoms with E-state index in [9.17, 15) is 17.6 Å². The first kappa shape index (κ1) is 19.6. The summed E-state index contributed by atoms with van der Waals surface area (Å²) >= 11 is 0. The van der Waals surface area contributed by atoms with Crippen LogP contribution in [0.5, 0.6) is 0 Å². The number of rotatable bonds is 4. The second-order valence-corrected chi connectivity index (χ2v) is 9.19. The number of carbonyl (C=O) groups excluding carboxylic acids is 1. The molecule has 1 amide bonds. The van der Waals surface area contributed by atoms with E-state index < -0.39 is 21.6 Å². The van der Waals surface area contributed by atoms with E-state index in [1.165, 1.54) is 18.2 Å². The lowest BCUT2D eigenvalue weighted by Gasteiger charge is -2.32. The van der Waals surface area contributed by atoms with Crippen LogP contribution in [-0.4, -0.2) is 26.2 Å². The number of hydrogen-bond acceptors (Lipinski definition) is 4. The van der Waals surface area contributed by atoms with Gasteiger partial charge >= 0.3 is 0 Å². The Labute approximate surface area is 169 Å². The summed E-state index contributed by atoms with van der Waals surface area (Å²) in [6.45, 7) is 1.63. The number of halogens is 1. The van der Waals surface area contributed by atoms with E-state index in [0.717, 1.165) is 31.2 Å². The summed E-state index contributed by atoms with van der Waals surface area (Å²) in [6.07, 6.45) is 3.47. The Hall–Kier alpha value is -2.74. The predicted octanol–water partition coefficient (Wildman–Crippen LogP) is 2.84. The average molecular weight is 415 g/mol. The number of fused-ring (bicyclic) bond motifs is 1. The summed E-state index contributed by atoms with van der Waals surface area (Å²) < 4.78 is 40.2. The van der Waals surface area contributed by atoms with Crippen LogP contribution in [0.4, 0.5) is 4.39 Å². The zero-order valence-corrected chi connectivity index (χ0v) is 16.8. The summed E-state index contributed by atoms with van der Waals surface area (Å²) in [5.41, 5.74) is 0.782. The maximum absolute atomic E-state index is 13.3. The summed E-state index contributed by atoms with van der Waals surface area (Å²) in [5, 5.41) is 3.10. The largest absolute Gasteiger partial charge is 0.345 e. The number of hydrogen-bond donors (Lipinski definition) is 2. The maximum Gasteiger partial charge on any atom is 0.263 e. The van der Waals surface area contributed by atoms with Gasteiger partial charge in [-0.05, 0) is 49.6 Å². The molecule has 1 aliphatic carbocycles. The third kappa shape index (κ3) is 3.64. The molecule has 0 saturated heterocycles. The lowest BCUT2D eigenvalue weighted by atomic mass is 9.87. The molecule has 0 radical (unpaired) electrons. The van der Waals surface area contributed by atoms with Crippen molar-refractivity contribution in [2.45, 2.75) is 49.1 Å². The highest BCUT2D eigenvalue weighted by atomic mass is 32.2. The van der Waals surface area contributed by atoms with E-state index in [1.807, 2.05) is 0 Å². The highest BCUT2D eigenvalue weighted by molar-refractivity contribution is 7.90. The Kier molecular flexibility index (Phi) is 4.90. The molecule has 2 N–H and O–H groups in total. The molecule has 29 heavy (non-hydrogen) atoms. The molecule has 1 heterocycles. The minimum atomic E-state index is -3.66. The monoisotopic (exact) mass is 415 g/mol. The van der Waals surface area contributed by atoms with Crippen LogP contribution >= 0.6 is 0 Å². The van der Waals surface area contributed by atoms with E-state index in [0.29, 0.717) is 5.56 Å². The SMILES string of the molecule is C[C@H](N=C1NS(=O)(=O)c2ccccc21)C(=O)NC1(c2ccc(F)cc2)CCCC1. The van der Waals surface area contributed by atoms with Gasteiger partial charge in [0.05, 0.1) is 10.4 Å². The van der Waals surface area contributed by atoms with E-state index in [2.05, 4.69) is 15.0 Å². The van der Waals surface area contributed by atoms with Crippen molar-refractivity contribution < 1.29 is 17.6 Å². The first-order valence-corrected chi connectivity index (χ1v) is 11.1. The fraction of sp³-hybridized carbons (Fsp3) is 0.333. The van der Waals surface area contributed by atoms with Gasteiger partial charge in [-0.2, -0.15) is 0 Å². The molecule has 1 aliphatic heterocycles. The van der Waals surface area contributed by atoms with Gasteiger partial charge in [-0.25, -0.2) is 12.8 Å². The van der Waals surface area contributed by atoms with Crippen LogP contribution in [0, 0.1) is 5.82 Å². The third-order valence-corrected chi connectivity index (χ3v) is 6.98.